The fourth-order valence-electron chi connectivity index (χ4n) is 2.99. The molecule has 4 rings (SSSR count). The van der Waals surface area contributed by atoms with Crippen molar-refractivity contribution in [3.8, 4) is 5.75 Å². The smallest absolute Gasteiger partial charge is 0.129 e. The van der Waals surface area contributed by atoms with E-state index < -0.39 is 0 Å². The van der Waals surface area contributed by atoms with Crippen LogP contribution in [0.25, 0.3) is 10.8 Å². The molecule has 0 radical (unpaired) electrons. The van der Waals surface area contributed by atoms with Crippen LogP contribution in [0.5, 0.6) is 5.75 Å². The number of anilines is 1. The van der Waals surface area contributed by atoms with Crippen molar-refractivity contribution in [2.75, 3.05) is 5.43 Å². The van der Waals surface area contributed by atoms with Crippen LogP contribution < -0.4 is 10.2 Å². The average Bonchev–Trinajstić information content (AvgIpc) is 2.74. The number of nitrogens with zero attached hydrogens (tertiary/aromatic N) is 1. The number of hydrogen-bond acceptors (Lipinski definition) is 3. The molecule has 0 aromatic heterocycles. The molecule has 0 bridgehead atoms. The molecule has 1 N–H and O–H groups in total. The highest BCUT2D eigenvalue weighted by molar-refractivity contribution is 6.02. The predicted molar refractivity (Wildman–Crippen MR) is 112 cm³/mol. The largest absolute Gasteiger partial charge is 0.488 e. The van der Waals surface area contributed by atoms with Crippen LogP contribution >= 0.6 is 0 Å². The zero-order valence-corrected chi connectivity index (χ0v) is 15.2. The standard InChI is InChI=1S/C24H19FN2O/c25-23-13-7-5-9-19(23)17-28-24-15-14-18-8-4-6-12-21(18)22(24)16-26-27-20-10-2-1-3-11-20/h1-16,27H,17H2. The van der Waals surface area contributed by atoms with Gasteiger partial charge in [-0.25, -0.2) is 4.39 Å². The Balaban J connectivity index is 1.64. The summed E-state index contributed by atoms with van der Waals surface area (Å²) in [4.78, 5) is 0. The van der Waals surface area contributed by atoms with Crippen LogP contribution in [-0.4, -0.2) is 6.21 Å². The normalized spacial score (nSPS) is 11.0. The number of nitrogens with one attached hydrogen (secondary N) is 1. The molecule has 4 aromatic rings. The fourth-order valence-corrected chi connectivity index (χ4v) is 2.99. The van der Waals surface area contributed by atoms with E-state index in [9.17, 15) is 4.39 Å². The van der Waals surface area contributed by atoms with E-state index >= 15 is 0 Å². The molecule has 0 saturated carbocycles. The quantitative estimate of drug-likeness (QED) is 0.333. The van der Waals surface area contributed by atoms with Gasteiger partial charge in [0.05, 0.1) is 11.9 Å². The van der Waals surface area contributed by atoms with Gasteiger partial charge >= 0.3 is 0 Å². The van der Waals surface area contributed by atoms with Gasteiger partial charge in [-0.05, 0) is 35.0 Å². The molecule has 138 valence electrons. The number of ether oxygens (including phenoxy) is 1. The molecule has 4 aromatic carbocycles. The van der Waals surface area contributed by atoms with E-state index in [1.807, 2.05) is 66.7 Å². The van der Waals surface area contributed by atoms with Gasteiger partial charge in [0.25, 0.3) is 0 Å². The van der Waals surface area contributed by atoms with Gasteiger partial charge in [0.2, 0.25) is 0 Å². The number of para-hydroxylation sites is 1. The summed E-state index contributed by atoms with van der Waals surface area (Å²) in [6, 6.07) is 28.3. The molecule has 28 heavy (non-hydrogen) atoms. The summed E-state index contributed by atoms with van der Waals surface area (Å²) < 4.78 is 19.9. The molecular weight excluding hydrogens is 351 g/mol. The number of benzene rings is 4. The van der Waals surface area contributed by atoms with E-state index in [1.165, 1.54) is 6.07 Å². The number of hydrazone groups is 1. The Hall–Kier alpha value is -3.66. The lowest BCUT2D eigenvalue weighted by molar-refractivity contribution is 0.300. The SMILES string of the molecule is Fc1ccccc1COc1ccc2ccccc2c1C=NNc1ccccc1. The van der Waals surface area contributed by atoms with Crippen molar-refractivity contribution in [1.82, 2.24) is 0 Å². The maximum absolute atomic E-state index is 13.9. The summed E-state index contributed by atoms with van der Waals surface area (Å²) in [7, 11) is 0. The second-order valence-electron chi connectivity index (χ2n) is 6.31. The van der Waals surface area contributed by atoms with E-state index in [2.05, 4.69) is 10.5 Å². The molecule has 0 spiro atoms. The molecular formula is C24H19FN2O. The maximum Gasteiger partial charge on any atom is 0.129 e. The highest BCUT2D eigenvalue weighted by atomic mass is 19.1. The van der Waals surface area contributed by atoms with Crippen LogP contribution in [-0.2, 0) is 6.61 Å². The number of halogens is 1. The second kappa shape index (κ2) is 8.35. The van der Waals surface area contributed by atoms with E-state index in [0.29, 0.717) is 11.3 Å². The third-order valence-electron chi connectivity index (χ3n) is 4.43. The molecule has 3 nitrogen and oxygen atoms in total. The van der Waals surface area contributed by atoms with Crippen LogP contribution in [0.3, 0.4) is 0 Å². The van der Waals surface area contributed by atoms with Crippen LogP contribution in [0.1, 0.15) is 11.1 Å². The van der Waals surface area contributed by atoms with Crippen molar-refractivity contribution in [1.29, 1.82) is 0 Å². The van der Waals surface area contributed by atoms with Gasteiger partial charge < -0.3 is 4.74 Å². The molecule has 4 heteroatoms. The first kappa shape index (κ1) is 17.7. The summed E-state index contributed by atoms with van der Waals surface area (Å²) in [5, 5.41) is 6.47. The minimum Gasteiger partial charge on any atom is -0.488 e. The minimum atomic E-state index is -0.274. The third-order valence-corrected chi connectivity index (χ3v) is 4.43. The number of rotatable bonds is 6. The van der Waals surface area contributed by atoms with Crippen molar-refractivity contribution in [2.24, 2.45) is 5.10 Å². The van der Waals surface area contributed by atoms with E-state index in [-0.39, 0.29) is 12.4 Å². The summed E-state index contributed by atoms with van der Waals surface area (Å²) in [5.41, 5.74) is 5.28. The monoisotopic (exact) mass is 370 g/mol. The molecule has 0 aliphatic carbocycles. The summed E-state index contributed by atoms with van der Waals surface area (Å²) in [6.45, 7) is 0.151. The minimum absolute atomic E-state index is 0.151. The van der Waals surface area contributed by atoms with Gasteiger partial charge in [-0.15, -0.1) is 0 Å². The van der Waals surface area contributed by atoms with Crippen molar-refractivity contribution < 1.29 is 9.13 Å². The van der Waals surface area contributed by atoms with Crippen molar-refractivity contribution in [3.63, 3.8) is 0 Å². The van der Waals surface area contributed by atoms with E-state index in [0.717, 1.165) is 22.0 Å². The molecule has 0 amide bonds. The Bertz CT molecular complexity index is 1110. The first-order valence-corrected chi connectivity index (χ1v) is 9.03. The Labute approximate surface area is 163 Å². The maximum atomic E-state index is 13.9. The molecule has 0 aliphatic heterocycles. The zero-order chi connectivity index (χ0) is 19.2. The lowest BCUT2D eigenvalue weighted by Gasteiger charge is -2.12. The van der Waals surface area contributed by atoms with Gasteiger partial charge in [0.15, 0.2) is 0 Å². The first-order valence-electron chi connectivity index (χ1n) is 9.03. The molecule has 0 atom stereocenters. The molecule has 0 unspecified atom stereocenters. The zero-order valence-electron chi connectivity index (χ0n) is 15.2. The lowest BCUT2D eigenvalue weighted by Crippen LogP contribution is -2.01. The third kappa shape index (κ3) is 4.01. The summed E-state index contributed by atoms with van der Waals surface area (Å²) >= 11 is 0. The predicted octanol–water partition coefficient (Wildman–Crippen LogP) is 6.00. The fraction of sp³-hybridized carbons (Fsp3) is 0.0417. The number of fused-ring (bicyclic) bond motifs is 1. The van der Waals surface area contributed by atoms with E-state index in [4.69, 9.17) is 4.74 Å². The van der Waals surface area contributed by atoms with Crippen LogP contribution in [0.2, 0.25) is 0 Å². The summed E-state index contributed by atoms with van der Waals surface area (Å²) in [6.07, 6.45) is 1.74. The Morgan fingerprint density at radius 2 is 1.57 bits per heavy atom. The average molecular weight is 370 g/mol. The van der Waals surface area contributed by atoms with E-state index in [1.54, 1.807) is 24.4 Å². The molecule has 0 aliphatic rings. The van der Waals surface area contributed by atoms with Crippen LogP contribution in [0, 0.1) is 5.82 Å². The van der Waals surface area contributed by atoms with Gasteiger partial charge in [-0.3, -0.25) is 5.43 Å². The molecule has 0 heterocycles. The summed E-state index contributed by atoms with van der Waals surface area (Å²) in [5.74, 6) is 0.379. The lowest BCUT2D eigenvalue weighted by atomic mass is 10.0. The van der Waals surface area contributed by atoms with Crippen LogP contribution in [0.4, 0.5) is 10.1 Å². The van der Waals surface area contributed by atoms with Crippen LogP contribution in [0.15, 0.2) is 96.1 Å². The van der Waals surface area contributed by atoms with Gasteiger partial charge in [-0.2, -0.15) is 5.10 Å². The van der Waals surface area contributed by atoms with Crippen molar-refractivity contribution in [2.45, 2.75) is 6.61 Å². The first-order chi connectivity index (χ1) is 13.8. The van der Waals surface area contributed by atoms with Gasteiger partial charge in [-0.1, -0.05) is 66.7 Å². The van der Waals surface area contributed by atoms with Crippen molar-refractivity contribution in [3.05, 3.63) is 108 Å². The second-order valence-corrected chi connectivity index (χ2v) is 6.31. The molecule has 0 saturated heterocycles. The Kier molecular flexibility index (Phi) is 5.29. The van der Waals surface area contributed by atoms with Gasteiger partial charge in [0.1, 0.15) is 18.2 Å². The van der Waals surface area contributed by atoms with Gasteiger partial charge in [0, 0.05) is 11.1 Å². The Morgan fingerprint density at radius 1 is 0.821 bits per heavy atom. The highest BCUT2D eigenvalue weighted by Gasteiger charge is 2.09. The molecule has 0 fully saturated rings. The Morgan fingerprint density at radius 3 is 2.43 bits per heavy atom. The number of hydrogen-bond donors (Lipinski definition) is 1. The highest BCUT2D eigenvalue weighted by Crippen LogP contribution is 2.27. The topological polar surface area (TPSA) is 33.6 Å². The van der Waals surface area contributed by atoms with Crippen molar-refractivity contribution >= 4 is 22.7 Å².